The first-order valence-corrected chi connectivity index (χ1v) is 5.90. The highest BCUT2D eigenvalue weighted by Gasteiger charge is 2.27. The summed E-state index contributed by atoms with van der Waals surface area (Å²) in [6, 6.07) is 3.41. The van der Waals surface area contributed by atoms with Gasteiger partial charge in [0.2, 0.25) is 11.8 Å². The molecule has 0 unspecified atom stereocenters. The number of amides is 2. The molecule has 0 radical (unpaired) electrons. The minimum atomic E-state index is -0.514. The lowest BCUT2D eigenvalue weighted by Gasteiger charge is -2.27. The van der Waals surface area contributed by atoms with Gasteiger partial charge in [-0.1, -0.05) is 0 Å². The Balaban J connectivity index is 2.24. The van der Waals surface area contributed by atoms with Crippen LogP contribution >= 0.6 is 0 Å². The Morgan fingerprint density at radius 3 is 2.50 bits per heavy atom. The maximum atomic E-state index is 11.9. The first-order chi connectivity index (χ1) is 8.51. The van der Waals surface area contributed by atoms with Gasteiger partial charge in [-0.25, -0.2) is 0 Å². The normalized spacial score (nSPS) is 17.5. The van der Waals surface area contributed by atoms with Crippen molar-refractivity contribution in [1.29, 1.82) is 0 Å². The maximum absolute atomic E-state index is 11.9. The molecular formula is C13H17N3O2. The molecular weight excluding hydrogens is 230 g/mol. The fourth-order valence-electron chi connectivity index (χ4n) is 1.94. The molecule has 5 heteroatoms. The monoisotopic (exact) mass is 247 g/mol. The van der Waals surface area contributed by atoms with Gasteiger partial charge in [-0.3, -0.25) is 9.59 Å². The van der Waals surface area contributed by atoms with E-state index in [4.69, 9.17) is 0 Å². The van der Waals surface area contributed by atoms with E-state index in [1.807, 2.05) is 26.0 Å². The minimum Gasteiger partial charge on any atom is -0.372 e. The average Bonchev–Trinajstić information content (AvgIpc) is 2.32. The Bertz CT molecular complexity index is 511. The molecule has 1 aromatic carbocycles. The van der Waals surface area contributed by atoms with E-state index in [0.29, 0.717) is 0 Å². The van der Waals surface area contributed by atoms with Crippen molar-refractivity contribution in [2.75, 3.05) is 17.7 Å². The molecule has 1 atom stereocenters. The molecule has 0 spiro atoms. The second kappa shape index (κ2) is 4.68. The van der Waals surface area contributed by atoms with Gasteiger partial charge in [-0.15, -0.1) is 0 Å². The third-order valence-electron chi connectivity index (χ3n) is 3.21. The van der Waals surface area contributed by atoms with Crippen molar-refractivity contribution in [3.8, 4) is 0 Å². The fourth-order valence-corrected chi connectivity index (χ4v) is 1.94. The largest absolute Gasteiger partial charge is 0.372 e. The van der Waals surface area contributed by atoms with E-state index in [1.165, 1.54) is 0 Å². The van der Waals surface area contributed by atoms with Crippen LogP contribution in [0, 0.1) is 13.8 Å². The van der Waals surface area contributed by atoms with Gasteiger partial charge in [0.05, 0.1) is 17.8 Å². The summed E-state index contributed by atoms with van der Waals surface area (Å²) >= 11 is 0. The van der Waals surface area contributed by atoms with E-state index < -0.39 is 6.04 Å². The van der Waals surface area contributed by atoms with Crippen molar-refractivity contribution in [1.82, 2.24) is 5.32 Å². The number of nitrogens with one attached hydrogen (secondary N) is 3. The lowest BCUT2D eigenvalue weighted by molar-refractivity contribution is -0.124. The number of carbonyl (C=O) groups excluding carboxylic acids is 2. The molecule has 1 aliphatic heterocycles. The molecule has 0 saturated heterocycles. The van der Waals surface area contributed by atoms with Crippen molar-refractivity contribution < 1.29 is 9.59 Å². The van der Waals surface area contributed by atoms with Crippen LogP contribution < -0.4 is 16.0 Å². The summed E-state index contributed by atoms with van der Waals surface area (Å²) in [6.45, 7) is 4.01. The van der Waals surface area contributed by atoms with Gasteiger partial charge in [0.15, 0.2) is 0 Å². The number of aryl methyl sites for hydroxylation is 2. The zero-order valence-electron chi connectivity index (χ0n) is 10.8. The van der Waals surface area contributed by atoms with Gasteiger partial charge in [-0.2, -0.15) is 0 Å². The summed E-state index contributed by atoms with van der Waals surface area (Å²) in [4.78, 5) is 23.2. The van der Waals surface area contributed by atoms with Gasteiger partial charge in [-0.05, 0) is 37.1 Å². The fraction of sp³-hybridized carbons (Fsp3) is 0.385. The van der Waals surface area contributed by atoms with Crippen LogP contribution in [0.4, 0.5) is 11.4 Å². The number of fused-ring (bicyclic) bond motifs is 1. The lowest BCUT2D eigenvalue weighted by Crippen LogP contribution is -2.42. The smallest absolute Gasteiger partial charge is 0.247 e. The van der Waals surface area contributed by atoms with Crippen molar-refractivity contribution >= 4 is 23.2 Å². The van der Waals surface area contributed by atoms with Crippen LogP contribution in [-0.4, -0.2) is 24.9 Å². The van der Waals surface area contributed by atoms with Crippen LogP contribution in [0.1, 0.15) is 17.5 Å². The first-order valence-electron chi connectivity index (χ1n) is 5.90. The number of benzene rings is 1. The molecule has 1 aromatic rings. The highest BCUT2D eigenvalue weighted by molar-refractivity contribution is 6.05. The van der Waals surface area contributed by atoms with Crippen LogP contribution in [0.2, 0.25) is 0 Å². The molecule has 2 rings (SSSR count). The van der Waals surface area contributed by atoms with Crippen LogP contribution in [0.5, 0.6) is 0 Å². The molecule has 0 aliphatic carbocycles. The predicted molar refractivity (Wildman–Crippen MR) is 70.6 cm³/mol. The first kappa shape index (κ1) is 12.4. The Kier molecular flexibility index (Phi) is 3.23. The Hall–Kier alpha value is -2.04. The number of hydrogen-bond acceptors (Lipinski definition) is 3. The van der Waals surface area contributed by atoms with Gasteiger partial charge in [0, 0.05) is 7.05 Å². The third kappa shape index (κ3) is 2.30. The van der Waals surface area contributed by atoms with Crippen molar-refractivity contribution in [2.45, 2.75) is 26.3 Å². The molecule has 3 N–H and O–H groups in total. The maximum Gasteiger partial charge on any atom is 0.247 e. The van der Waals surface area contributed by atoms with Crippen molar-refractivity contribution in [3.05, 3.63) is 23.3 Å². The highest BCUT2D eigenvalue weighted by Crippen LogP contribution is 2.30. The standard InChI is InChI=1S/C13H17N3O2/c1-7-4-9-10(5-8(7)2)16-13(18)11(15-9)6-12(17)14-3/h4-5,11,15H,6H2,1-3H3,(H,14,17)(H,16,18)/t11-/m1/s1. The SMILES string of the molecule is CNC(=O)C[C@H]1Nc2cc(C)c(C)cc2NC1=O. The summed E-state index contributed by atoms with van der Waals surface area (Å²) in [7, 11) is 1.56. The number of rotatable bonds is 2. The Labute approximate surface area is 106 Å². The highest BCUT2D eigenvalue weighted by atomic mass is 16.2. The molecule has 1 heterocycles. The van der Waals surface area contributed by atoms with Gasteiger partial charge in [0.1, 0.15) is 6.04 Å². The van der Waals surface area contributed by atoms with Crippen LogP contribution in [0.25, 0.3) is 0 Å². The van der Waals surface area contributed by atoms with Crippen LogP contribution in [-0.2, 0) is 9.59 Å². The molecule has 1 aliphatic rings. The second-order valence-electron chi connectivity index (χ2n) is 4.55. The minimum absolute atomic E-state index is 0.134. The van der Waals surface area contributed by atoms with Gasteiger partial charge < -0.3 is 16.0 Å². The average molecular weight is 247 g/mol. The van der Waals surface area contributed by atoms with Crippen molar-refractivity contribution in [2.24, 2.45) is 0 Å². The summed E-state index contributed by atoms with van der Waals surface area (Å²) in [6.07, 6.45) is 0.134. The number of hydrogen-bond donors (Lipinski definition) is 3. The molecule has 96 valence electrons. The van der Waals surface area contributed by atoms with E-state index in [0.717, 1.165) is 22.5 Å². The zero-order chi connectivity index (χ0) is 13.3. The quantitative estimate of drug-likeness (QED) is 0.734. The molecule has 0 saturated carbocycles. The summed E-state index contributed by atoms with van der Waals surface area (Å²) in [5, 5.41) is 8.45. The van der Waals surface area contributed by atoms with E-state index in [-0.39, 0.29) is 18.2 Å². The predicted octanol–water partition coefficient (Wildman–Crippen LogP) is 1.17. The zero-order valence-corrected chi connectivity index (χ0v) is 10.8. The van der Waals surface area contributed by atoms with Gasteiger partial charge >= 0.3 is 0 Å². The van der Waals surface area contributed by atoms with E-state index >= 15 is 0 Å². The summed E-state index contributed by atoms with van der Waals surface area (Å²) in [5.74, 6) is -0.329. The van der Waals surface area contributed by atoms with Crippen molar-refractivity contribution in [3.63, 3.8) is 0 Å². The van der Waals surface area contributed by atoms with E-state index in [9.17, 15) is 9.59 Å². The molecule has 18 heavy (non-hydrogen) atoms. The van der Waals surface area contributed by atoms with E-state index in [2.05, 4.69) is 16.0 Å². The summed E-state index contributed by atoms with van der Waals surface area (Å²) in [5.41, 5.74) is 3.92. The second-order valence-corrected chi connectivity index (χ2v) is 4.55. The lowest BCUT2D eigenvalue weighted by atomic mass is 10.0. The molecule has 5 nitrogen and oxygen atoms in total. The molecule has 0 bridgehead atoms. The molecule has 0 fully saturated rings. The topological polar surface area (TPSA) is 70.2 Å². The summed E-state index contributed by atoms with van der Waals surface area (Å²) < 4.78 is 0. The Morgan fingerprint density at radius 1 is 1.28 bits per heavy atom. The third-order valence-corrected chi connectivity index (χ3v) is 3.21. The van der Waals surface area contributed by atoms with Crippen LogP contribution in [0.3, 0.4) is 0 Å². The molecule has 0 aromatic heterocycles. The van der Waals surface area contributed by atoms with Gasteiger partial charge in [0.25, 0.3) is 0 Å². The number of anilines is 2. The molecule has 2 amide bonds. The van der Waals surface area contributed by atoms with E-state index in [1.54, 1.807) is 7.05 Å². The van der Waals surface area contributed by atoms with Crippen LogP contribution in [0.15, 0.2) is 12.1 Å². The number of carbonyl (C=O) groups is 2. The Morgan fingerprint density at radius 2 is 1.89 bits per heavy atom.